The number of aryl methyl sites for hydroxylation is 1. The van der Waals surface area contributed by atoms with Crippen molar-refractivity contribution in [1.82, 2.24) is 20.3 Å². The van der Waals surface area contributed by atoms with E-state index in [1.54, 1.807) is 38.4 Å². The van der Waals surface area contributed by atoms with E-state index >= 15 is 0 Å². The zero-order valence-electron chi connectivity index (χ0n) is 16.3. The van der Waals surface area contributed by atoms with Gasteiger partial charge in [-0.15, -0.1) is 0 Å². The second kappa shape index (κ2) is 9.36. The maximum absolute atomic E-state index is 13.7. The van der Waals surface area contributed by atoms with Crippen LogP contribution in [0, 0.1) is 12.7 Å². The number of H-pyrrole nitrogens is 1. The smallest absolute Gasteiger partial charge is 0.254 e. The minimum atomic E-state index is -0.611. The largest absolute Gasteiger partial charge is 0.350 e. The van der Waals surface area contributed by atoms with Crippen molar-refractivity contribution in [3.63, 3.8) is 0 Å². The number of aromatic nitrogens is 3. The van der Waals surface area contributed by atoms with E-state index in [0.717, 1.165) is 5.56 Å². The molecule has 0 aliphatic rings. The highest BCUT2D eigenvalue weighted by atomic mass is 35.5. The fourth-order valence-corrected chi connectivity index (χ4v) is 3.60. The number of rotatable bonds is 6. The van der Waals surface area contributed by atoms with Crippen LogP contribution in [-0.4, -0.2) is 20.9 Å². The average molecular weight is 449 g/mol. The molecular formula is C21H19Cl2FN4O2. The van der Waals surface area contributed by atoms with E-state index in [0.29, 0.717) is 22.6 Å². The van der Waals surface area contributed by atoms with Crippen LogP contribution in [0.3, 0.4) is 0 Å². The number of nitrogens with one attached hydrogen (secondary N) is 2. The average Bonchev–Trinajstić information content (AvgIpc) is 2.70. The third-order valence-corrected chi connectivity index (χ3v) is 5.28. The molecule has 1 unspecified atom stereocenters. The summed E-state index contributed by atoms with van der Waals surface area (Å²) in [7, 11) is 0. The quantitative estimate of drug-likeness (QED) is 0.547. The molecule has 3 rings (SSSR count). The molecule has 6 nitrogen and oxygen atoms in total. The molecule has 0 saturated carbocycles. The van der Waals surface area contributed by atoms with Gasteiger partial charge >= 0.3 is 0 Å². The molecular weight excluding hydrogens is 430 g/mol. The molecule has 0 fully saturated rings. The molecule has 0 radical (unpaired) electrons. The van der Waals surface area contributed by atoms with E-state index in [9.17, 15) is 14.0 Å². The Labute approximate surface area is 182 Å². The fraction of sp³-hybridized carbons (Fsp3) is 0.238. The minimum absolute atomic E-state index is 0.0677. The number of halogens is 3. The molecule has 1 atom stereocenters. The van der Waals surface area contributed by atoms with Gasteiger partial charge in [-0.05, 0) is 50.1 Å². The highest BCUT2D eigenvalue weighted by Gasteiger charge is 2.17. The summed E-state index contributed by atoms with van der Waals surface area (Å²) in [4.78, 5) is 36.0. The molecule has 3 aromatic rings. The Hall–Kier alpha value is -2.77. The summed E-state index contributed by atoms with van der Waals surface area (Å²) in [6, 6.07) is 5.47. The summed E-state index contributed by atoms with van der Waals surface area (Å²) >= 11 is 11.8. The first-order valence-corrected chi connectivity index (χ1v) is 9.96. The molecule has 0 saturated heterocycles. The molecule has 2 aromatic heterocycles. The summed E-state index contributed by atoms with van der Waals surface area (Å²) in [5.41, 5.74) is 1.86. The molecule has 9 heteroatoms. The van der Waals surface area contributed by atoms with Crippen LogP contribution in [0.2, 0.25) is 10.0 Å². The molecule has 30 heavy (non-hydrogen) atoms. The van der Waals surface area contributed by atoms with E-state index < -0.39 is 11.9 Å². The predicted molar refractivity (Wildman–Crippen MR) is 114 cm³/mol. The molecule has 0 spiro atoms. The molecule has 156 valence electrons. The Morgan fingerprint density at radius 2 is 1.93 bits per heavy atom. The maximum atomic E-state index is 13.7. The number of carbonyl (C=O) groups excluding carboxylic acids is 1. The molecule has 2 N–H and O–H groups in total. The monoisotopic (exact) mass is 448 g/mol. The Morgan fingerprint density at radius 1 is 1.23 bits per heavy atom. The summed E-state index contributed by atoms with van der Waals surface area (Å²) in [5, 5.41) is 2.94. The SMILES string of the molecule is Cc1nc(-c2ccncc2)[nH]c(=O)c1CCC(=O)NC(C)c1cc(F)c(Cl)cc1Cl. The van der Waals surface area contributed by atoms with Gasteiger partial charge in [0.1, 0.15) is 11.6 Å². The Morgan fingerprint density at radius 3 is 2.60 bits per heavy atom. The van der Waals surface area contributed by atoms with Crippen LogP contribution in [0.5, 0.6) is 0 Å². The van der Waals surface area contributed by atoms with Crippen molar-refractivity contribution in [2.45, 2.75) is 32.7 Å². The minimum Gasteiger partial charge on any atom is -0.350 e. The normalized spacial score (nSPS) is 11.9. The van der Waals surface area contributed by atoms with Crippen molar-refractivity contribution in [2.75, 3.05) is 0 Å². The first-order valence-electron chi connectivity index (χ1n) is 9.20. The third kappa shape index (κ3) is 5.04. The van der Waals surface area contributed by atoms with E-state index in [4.69, 9.17) is 23.2 Å². The van der Waals surface area contributed by atoms with Gasteiger partial charge in [0.2, 0.25) is 5.91 Å². The molecule has 0 bridgehead atoms. The highest BCUT2D eigenvalue weighted by molar-refractivity contribution is 6.35. The van der Waals surface area contributed by atoms with Crippen LogP contribution >= 0.6 is 23.2 Å². The lowest BCUT2D eigenvalue weighted by atomic mass is 10.1. The number of pyridine rings is 1. The topological polar surface area (TPSA) is 87.7 Å². The second-order valence-corrected chi connectivity index (χ2v) is 7.61. The van der Waals surface area contributed by atoms with Gasteiger partial charge in [0.15, 0.2) is 0 Å². The van der Waals surface area contributed by atoms with Gasteiger partial charge in [-0.25, -0.2) is 9.37 Å². The van der Waals surface area contributed by atoms with Gasteiger partial charge < -0.3 is 10.3 Å². The number of amides is 1. The summed E-state index contributed by atoms with van der Waals surface area (Å²) in [5.74, 6) is -0.466. The molecule has 0 aliphatic heterocycles. The summed E-state index contributed by atoms with van der Waals surface area (Å²) in [6.45, 7) is 3.42. The number of hydrogen-bond acceptors (Lipinski definition) is 4. The standard InChI is InChI=1S/C21H19Cl2FN4O2/c1-11-14(21(30)28-20(27-11)13-5-7-25-8-6-13)3-4-19(29)26-12(2)15-9-18(24)17(23)10-16(15)22/h5-10,12H,3-4H2,1-2H3,(H,26,29)(H,27,28,30). The first-order chi connectivity index (χ1) is 14.3. The lowest BCUT2D eigenvalue weighted by molar-refractivity contribution is -0.121. The van der Waals surface area contributed by atoms with Gasteiger partial charge in [0.05, 0.1) is 11.1 Å². The lowest BCUT2D eigenvalue weighted by Crippen LogP contribution is -2.28. The van der Waals surface area contributed by atoms with Crippen molar-refractivity contribution in [2.24, 2.45) is 0 Å². The number of benzene rings is 1. The van der Waals surface area contributed by atoms with Crippen LogP contribution < -0.4 is 10.9 Å². The van der Waals surface area contributed by atoms with Crippen LogP contribution in [0.1, 0.15) is 36.2 Å². The fourth-order valence-electron chi connectivity index (χ4n) is 3.05. The van der Waals surface area contributed by atoms with E-state index in [1.807, 2.05) is 0 Å². The molecule has 0 aliphatic carbocycles. The lowest BCUT2D eigenvalue weighted by Gasteiger charge is -2.16. The van der Waals surface area contributed by atoms with Crippen molar-refractivity contribution in [3.8, 4) is 11.4 Å². The van der Waals surface area contributed by atoms with Crippen molar-refractivity contribution < 1.29 is 9.18 Å². The van der Waals surface area contributed by atoms with Crippen molar-refractivity contribution in [1.29, 1.82) is 0 Å². The zero-order valence-corrected chi connectivity index (χ0v) is 17.8. The Kier molecular flexibility index (Phi) is 6.84. The van der Waals surface area contributed by atoms with Gasteiger partial charge in [0, 0.05) is 40.7 Å². The zero-order chi connectivity index (χ0) is 21.8. The molecule has 1 aromatic carbocycles. The van der Waals surface area contributed by atoms with Crippen molar-refractivity contribution in [3.05, 3.63) is 79.7 Å². The van der Waals surface area contributed by atoms with E-state index in [1.165, 1.54) is 12.1 Å². The summed E-state index contributed by atoms with van der Waals surface area (Å²) in [6.07, 6.45) is 3.51. The van der Waals surface area contributed by atoms with Crippen LogP contribution in [0.25, 0.3) is 11.4 Å². The van der Waals surface area contributed by atoms with Crippen LogP contribution in [0.15, 0.2) is 41.5 Å². The predicted octanol–water partition coefficient (Wildman–Crippen LogP) is 4.40. The maximum Gasteiger partial charge on any atom is 0.254 e. The summed E-state index contributed by atoms with van der Waals surface area (Å²) < 4.78 is 13.7. The first kappa shape index (κ1) is 21.9. The van der Waals surface area contributed by atoms with Crippen molar-refractivity contribution >= 4 is 29.1 Å². The van der Waals surface area contributed by atoms with Gasteiger partial charge in [-0.2, -0.15) is 0 Å². The van der Waals surface area contributed by atoms with E-state index in [2.05, 4.69) is 20.3 Å². The van der Waals surface area contributed by atoms with Gasteiger partial charge in [0.25, 0.3) is 5.56 Å². The molecule has 2 heterocycles. The van der Waals surface area contributed by atoms with Crippen LogP contribution in [0.4, 0.5) is 4.39 Å². The Bertz CT molecular complexity index is 1140. The number of aromatic amines is 1. The molecule has 1 amide bonds. The van der Waals surface area contributed by atoms with Gasteiger partial charge in [-0.3, -0.25) is 14.6 Å². The highest BCUT2D eigenvalue weighted by Crippen LogP contribution is 2.28. The third-order valence-electron chi connectivity index (χ3n) is 4.66. The number of nitrogens with zero attached hydrogens (tertiary/aromatic N) is 2. The van der Waals surface area contributed by atoms with E-state index in [-0.39, 0.29) is 34.4 Å². The van der Waals surface area contributed by atoms with Gasteiger partial charge in [-0.1, -0.05) is 23.2 Å². The number of hydrogen-bond donors (Lipinski definition) is 2. The second-order valence-electron chi connectivity index (χ2n) is 6.79. The Balaban J connectivity index is 1.68. The van der Waals surface area contributed by atoms with Crippen LogP contribution in [-0.2, 0) is 11.2 Å². The number of carbonyl (C=O) groups is 1.